The first-order chi connectivity index (χ1) is 12.5. The number of fused-ring (bicyclic) bond motifs is 1. The van der Waals surface area contributed by atoms with Crippen LogP contribution in [0.3, 0.4) is 0 Å². The summed E-state index contributed by atoms with van der Waals surface area (Å²) in [5, 5.41) is 0.202. The Balaban J connectivity index is 1.57. The van der Waals surface area contributed by atoms with E-state index >= 15 is 0 Å². The summed E-state index contributed by atoms with van der Waals surface area (Å²) >= 11 is 5.87. The van der Waals surface area contributed by atoms with Gasteiger partial charge in [-0.05, 0) is 59.7 Å². The average molecular weight is 375 g/mol. The van der Waals surface area contributed by atoms with Gasteiger partial charge in [0.05, 0.1) is 18.0 Å². The molecule has 1 aromatic carbocycles. The molecule has 0 aliphatic carbocycles. The van der Waals surface area contributed by atoms with Crippen LogP contribution in [0.4, 0.5) is 8.78 Å². The molecule has 2 aliphatic heterocycles. The average Bonchev–Trinajstić information content (AvgIpc) is 3.01. The van der Waals surface area contributed by atoms with Crippen molar-refractivity contribution in [3.8, 4) is 0 Å². The van der Waals surface area contributed by atoms with Gasteiger partial charge in [-0.25, -0.2) is 23.7 Å². The van der Waals surface area contributed by atoms with Gasteiger partial charge in [0.15, 0.2) is 11.6 Å². The number of allylic oxidation sites excluding steroid dienone is 1. The molecule has 0 spiro atoms. The maximum Gasteiger partial charge on any atom is 0.222 e. The van der Waals surface area contributed by atoms with E-state index in [0.717, 1.165) is 29.3 Å². The molecule has 3 heterocycles. The summed E-state index contributed by atoms with van der Waals surface area (Å²) in [6, 6.07) is 5.90. The van der Waals surface area contributed by atoms with Gasteiger partial charge in [0, 0.05) is 12.7 Å². The lowest BCUT2D eigenvalue weighted by molar-refractivity contribution is 0.259. The summed E-state index contributed by atoms with van der Waals surface area (Å²) in [6.45, 7) is 3.70. The van der Waals surface area contributed by atoms with E-state index in [-0.39, 0.29) is 11.2 Å². The monoisotopic (exact) mass is 374 g/mol. The van der Waals surface area contributed by atoms with Crippen molar-refractivity contribution in [2.24, 2.45) is 16.8 Å². The fraction of sp³-hybridized carbons (Fsp3) is 0.316. The van der Waals surface area contributed by atoms with E-state index < -0.39 is 11.6 Å². The summed E-state index contributed by atoms with van der Waals surface area (Å²) < 4.78 is 26.6. The quantitative estimate of drug-likeness (QED) is 0.766. The van der Waals surface area contributed by atoms with Crippen LogP contribution in [0.15, 0.2) is 47.4 Å². The van der Waals surface area contributed by atoms with Crippen LogP contribution in [0.25, 0.3) is 0 Å². The zero-order valence-electron chi connectivity index (χ0n) is 14.2. The van der Waals surface area contributed by atoms with Crippen molar-refractivity contribution in [3.63, 3.8) is 0 Å². The van der Waals surface area contributed by atoms with Gasteiger partial charge in [-0.3, -0.25) is 0 Å². The maximum atomic E-state index is 13.5. The van der Waals surface area contributed by atoms with Crippen molar-refractivity contribution in [2.75, 3.05) is 13.1 Å². The Morgan fingerprint density at radius 3 is 2.85 bits per heavy atom. The number of aromatic nitrogens is 2. The van der Waals surface area contributed by atoms with Crippen molar-refractivity contribution in [3.05, 3.63) is 70.5 Å². The van der Waals surface area contributed by atoms with E-state index in [2.05, 4.69) is 27.9 Å². The fourth-order valence-electron chi connectivity index (χ4n) is 3.48. The fourth-order valence-corrected chi connectivity index (χ4v) is 3.63. The molecule has 0 amide bonds. The number of hydrogen-bond acceptors (Lipinski definition) is 4. The van der Waals surface area contributed by atoms with Crippen LogP contribution in [0.1, 0.15) is 18.2 Å². The lowest BCUT2D eigenvalue weighted by Crippen LogP contribution is -2.35. The molecule has 26 heavy (non-hydrogen) atoms. The molecule has 134 valence electrons. The first-order valence-electron chi connectivity index (χ1n) is 8.47. The molecule has 4 rings (SSSR count). The Morgan fingerprint density at radius 1 is 1.23 bits per heavy atom. The van der Waals surface area contributed by atoms with Gasteiger partial charge in [0.2, 0.25) is 5.28 Å². The molecule has 4 nitrogen and oxygen atoms in total. The molecule has 0 fully saturated rings. The van der Waals surface area contributed by atoms with Gasteiger partial charge in [-0.1, -0.05) is 13.0 Å². The summed E-state index contributed by atoms with van der Waals surface area (Å²) in [6.07, 6.45) is 4.39. The highest BCUT2D eigenvalue weighted by molar-refractivity contribution is 6.28. The second-order valence-corrected chi connectivity index (χ2v) is 7.11. The van der Waals surface area contributed by atoms with Crippen LogP contribution in [0.2, 0.25) is 5.28 Å². The van der Waals surface area contributed by atoms with Crippen LogP contribution in [0.5, 0.6) is 0 Å². The summed E-state index contributed by atoms with van der Waals surface area (Å²) in [5.74, 6) is -0.135. The highest BCUT2D eigenvalue weighted by atomic mass is 35.5. The molecular weight excluding hydrogens is 358 g/mol. The van der Waals surface area contributed by atoms with Gasteiger partial charge in [-0.2, -0.15) is 0 Å². The molecular formula is C19H17ClF2N4. The largest absolute Gasteiger partial charge is 0.351 e. The highest BCUT2D eigenvalue weighted by Gasteiger charge is 2.31. The summed E-state index contributed by atoms with van der Waals surface area (Å²) in [4.78, 5) is 15.0. The lowest BCUT2D eigenvalue weighted by atomic mass is 9.85. The van der Waals surface area contributed by atoms with Crippen LogP contribution >= 0.6 is 11.6 Å². The molecule has 7 heteroatoms. The molecule has 0 radical (unpaired) electrons. The zero-order chi connectivity index (χ0) is 18.3. The molecule has 2 aromatic rings. The molecule has 0 bridgehead atoms. The molecule has 2 atom stereocenters. The number of rotatable bonds is 3. The first-order valence-corrected chi connectivity index (χ1v) is 8.84. The zero-order valence-corrected chi connectivity index (χ0v) is 14.9. The van der Waals surface area contributed by atoms with E-state index in [1.165, 1.54) is 12.1 Å². The van der Waals surface area contributed by atoms with Crippen molar-refractivity contribution >= 4 is 17.3 Å². The molecule has 0 saturated heterocycles. The second-order valence-electron chi connectivity index (χ2n) is 6.77. The van der Waals surface area contributed by atoms with Crippen molar-refractivity contribution < 1.29 is 8.78 Å². The number of benzene rings is 1. The van der Waals surface area contributed by atoms with Crippen LogP contribution in [-0.2, 0) is 6.42 Å². The normalized spacial score (nSPS) is 22.1. The highest BCUT2D eigenvalue weighted by Crippen LogP contribution is 2.32. The minimum Gasteiger partial charge on any atom is -0.351 e. The SMILES string of the molecule is C[C@@H]1CN2CC(c3ccnc(Cl)n3)=NC2=CC1Cc1ccc(F)c(F)c1. The Labute approximate surface area is 155 Å². The Hall–Kier alpha value is -2.34. The van der Waals surface area contributed by atoms with Gasteiger partial charge in [0.1, 0.15) is 5.82 Å². The van der Waals surface area contributed by atoms with E-state index in [0.29, 0.717) is 18.9 Å². The standard InChI is InChI=1S/C19H17ClF2N4/c1-11-9-26-10-17(16-4-5-23-19(20)25-16)24-18(26)8-13(11)6-12-2-3-14(21)15(22)7-12/h2-5,7-8,11,13H,6,9-10H2,1H3/t11-,13?/m1/s1. The van der Waals surface area contributed by atoms with Gasteiger partial charge in [-0.15, -0.1) is 0 Å². The molecule has 1 unspecified atom stereocenters. The number of nitrogens with zero attached hydrogens (tertiary/aromatic N) is 4. The molecule has 0 N–H and O–H groups in total. The minimum absolute atomic E-state index is 0.202. The number of halogens is 3. The van der Waals surface area contributed by atoms with Crippen molar-refractivity contribution in [2.45, 2.75) is 13.3 Å². The van der Waals surface area contributed by atoms with Crippen molar-refractivity contribution in [1.29, 1.82) is 0 Å². The van der Waals surface area contributed by atoms with Crippen LogP contribution in [0, 0.1) is 23.5 Å². The summed E-state index contributed by atoms with van der Waals surface area (Å²) in [5.41, 5.74) is 2.38. The molecule has 2 aliphatic rings. The first kappa shape index (κ1) is 17.1. The van der Waals surface area contributed by atoms with Gasteiger partial charge < -0.3 is 4.90 Å². The third-order valence-corrected chi connectivity index (χ3v) is 5.08. The predicted molar refractivity (Wildman–Crippen MR) is 96.0 cm³/mol. The van der Waals surface area contributed by atoms with Gasteiger partial charge >= 0.3 is 0 Å². The topological polar surface area (TPSA) is 41.4 Å². The van der Waals surface area contributed by atoms with E-state index in [9.17, 15) is 8.78 Å². The smallest absolute Gasteiger partial charge is 0.222 e. The third-order valence-electron chi connectivity index (χ3n) is 4.89. The Kier molecular flexibility index (Phi) is 4.44. The van der Waals surface area contributed by atoms with E-state index in [1.807, 2.05) is 0 Å². The number of hydrogen-bond donors (Lipinski definition) is 0. The maximum absolute atomic E-state index is 13.5. The van der Waals surface area contributed by atoms with Crippen LogP contribution < -0.4 is 0 Å². The Bertz CT molecular complexity index is 912. The molecule has 1 aromatic heterocycles. The lowest BCUT2D eigenvalue weighted by Gasteiger charge is -2.33. The van der Waals surface area contributed by atoms with Crippen molar-refractivity contribution in [1.82, 2.24) is 14.9 Å². The number of aliphatic imine (C=N–C) groups is 1. The van der Waals surface area contributed by atoms with Gasteiger partial charge in [0.25, 0.3) is 0 Å². The second kappa shape index (κ2) is 6.76. The van der Waals surface area contributed by atoms with E-state index in [4.69, 9.17) is 16.6 Å². The predicted octanol–water partition coefficient (Wildman–Crippen LogP) is 3.86. The van der Waals surface area contributed by atoms with E-state index in [1.54, 1.807) is 18.3 Å². The summed E-state index contributed by atoms with van der Waals surface area (Å²) in [7, 11) is 0. The Morgan fingerprint density at radius 2 is 2.08 bits per heavy atom. The minimum atomic E-state index is -0.816. The third kappa shape index (κ3) is 3.33. The van der Waals surface area contributed by atoms with Crippen LogP contribution in [-0.4, -0.2) is 33.7 Å². The molecule has 0 saturated carbocycles.